The lowest BCUT2D eigenvalue weighted by Gasteiger charge is -2.23. The van der Waals surface area contributed by atoms with Crippen LogP contribution >= 0.6 is 11.3 Å². The molecule has 1 amide bonds. The van der Waals surface area contributed by atoms with Crippen molar-refractivity contribution in [3.63, 3.8) is 0 Å². The molecule has 0 radical (unpaired) electrons. The Morgan fingerprint density at radius 1 is 1.23 bits per heavy atom. The quantitative estimate of drug-likeness (QED) is 0.857. The van der Waals surface area contributed by atoms with Gasteiger partial charge in [-0.2, -0.15) is 0 Å². The van der Waals surface area contributed by atoms with E-state index in [0.717, 1.165) is 17.5 Å². The molecule has 2 N–H and O–H groups in total. The average molecular weight is 317 g/mol. The van der Waals surface area contributed by atoms with Gasteiger partial charge in [0, 0.05) is 0 Å². The number of thiophene rings is 1. The van der Waals surface area contributed by atoms with Gasteiger partial charge in [0.05, 0.1) is 16.8 Å². The smallest absolute Gasteiger partial charge is 0.308 e. The van der Waals surface area contributed by atoms with Crippen LogP contribution in [0.3, 0.4) is 0 Å². The Hall–Kier alpha value is -2.14. The van der Waals surface area contributed by atoms with Crippen molar-refractivity contribution in [3.05, 3.63) is 57.8 Å². The lowest BCUT2D eigenvalue weighted by molar-refractivity contribution is -0.142. The molecule has 0 aliphatic carbocycles. The number of nitrogens with one attached hydrogen (secondary N) is 1. The third kappa shape index (κ3) is 3.54. The summed E-state index contributed by atoms with van der Waals surface area (Å²) in [4.78, 5) is 24.5. The molecule has 116 valence electrons. The molecule has 0 spiro atoms. The summed E-state index contributed by atoms with van der Waals surface area (Å²) in [6, 6.07) is 10.6. The van der Waals surface area contributed by atoms with Gasteiger partial charge >= 0.3 is 5.97 Å². The first kappa shape index (κ1) is 16.2. The highest BCUT2D eigenvalue weighted by Gasteiger charge is 2.27. The van der Waals surface area contributed by atoms with Gasteiger partial charge in [0.25, 0.3) is 5.91 Å². The van der Waals surface area contributed by atoms with E-state index in [1.165, 1.54) is 11.3 Å². The summed E-state index contributed by atoms with van der Waals surface area (Å²) < 4.78 is 0. The molecule has 0 saturated carbocycles. The SMILES string of the molecule is CCc1ccsc1C(=O)NC(c1ccccc1)C(C)C(=O)O. The van der Waals surface area contributed by atoms with Crippen LogP contribution < -0.4 is 5.32 Å². The van der Waals surface area contributed by atoms with Crippen LogP contribution in [0.2, 0.25) is 0 Å². The predicted molar refractivity (Wildman–Crippen MR) is 87.1 cm³/mol. The monoisotopic (exact) mass is 317 g/mol. The minimum absolute atomic E-state index is 0.214. The molecule has 0 aliphatic rings. The molecule has 4 nitrogen and oxygen atoms in total. The molecule has 1 heterocycles. The second-order valence-electron chi connectivity index (χ2n) is 5.12. The molecule has 1 aromatic heterocycles. The number of aryl methyl sites for hydroxylation is 1. The van der Waals surface area contributed by atoms with Gasteiger partial charge in [-0.15, -0.1) is 11.3 Å². The van der Waals surface area contributed by atoms with Crippen molar-refractivity contribution >= 4 is 23.2 Å². The van der Waals surface area contributed by atoms with E-state index in [-0.39, 0.29) is 5.91 Å². The molecule has 0 saturated heterocycles. The van der Waals surface area contributed by atoms with E-state index in [0.29, 0.717) is 4.88 Å². The summed E-state index contributed by atoms with van der Waals surface area (Å²) in [5, 5.41) is 14.1. The number of rotatable bonds is 6. The maximum atomic E-state index is 12.5. The maximum absolute atomic E-state index is 12.5. The molecule has 2 atom stereocenters. The Balaban J connectivity index is 2.27. The molecule has 1 aromatic carbocycles. The Morgan fingerprint density at radius 3 is 2.50 bits per heavy atom. The van der Waals surface area contributed by atoms with Gasteiger partial charge in [-0.05, 0) is 35.9 Å². The molecule has 0 aliphatic heterocycles. The highest BCUT2D eigenvalue weighted by Crippen LogP contribution is 2.24. The van der Waals surface area contributed by atoms with E-state index in [9.17, 15) is 14.7 Å². The Kier molecular flexibility index (Phi) is 5.33. The van der Waals surface area contributed by atoms with Gasteiger partial charge in [0.15, 0.2) is 0 Å². The minimum atomic E-state index is -0.934. The fraction of sp³-hybridized carbons (Fsp3) is 0.294. The van der Waals surface area contributed by atoms with Crippen molar-refractivity contribution in [2.45, 2.75) is 26.3 Å². The van der Waals surface area contributed by atoms with Crippen molar-refractivity contribution in [2.75, 3.05) is 0 Å². The third-order valence-corrected chi connectivity index (χ3v) is 4.62. The molecule has 22 heavy (non-hydrogen) atoms. The van der Waals surface area contributed by atoms with E-state index in [4.69, 9.17) is 0 Å². The maximum Gasteiger partial charge on any atom is 0.308 e. The van der Waals surface area contributed by atoms with Crippen LogP contribution in [-0.2, 0) is 11.2 Å². The third-order valence-electron chi connectivity index (χ3n) is 3.67. The largest absolute Gasteiger partial charge is 0.481 e. The number of benzene rings is 1. The molecular weight excluding hydrogens is 298 g/mol. The molecule has 0 fully saturated rings. The minimum Gasteiger partial charge on any atom is -0.481 e. The van der Waals surface area contributed by atoms with Crippen LogP contribution in [0.25, 0.3) is 0 Å². The van der Waals surface area contributed by atoms with Gasteiger partial charge in [-0.3, -0.25) is 9.59 Å². The molecule has 2 rings (SSSR count). The number of amides is 1. The van der Waals surface area contributed by atoms with E-state index in [1.807, 2.05) is 48.7 Å². The Labute approximate surface area is 133 Å². The topological polar surface area (TPSA) is 66.4 Å². The fourth-order valence-electron chi connectivity index (χ4n) is 2.32. The van der Waals surface area contributed by atoms with Crippen LogP contribution in [0.15, 0.2) is 41.8 Å². The molecule has 5 heteroatoms. The summed E-state index contributed by atoms with van der Waals surface area (Å²) in [6.07, 6.45) is 0.775. The highest BCUT2D eigenvalue weighted by atomic mass is 32.1. The second kappa shape index (κ2) is 7.22. The number of carboxylic acids is 1. The second-order valence-corrected chi connectivity index (χ2v) is 6.03. The Bertz CT molecular complexity index is 651. The van der Waals surface area contributed by atoms with Crippen LogP contribution in [0.5, 0.6) is 0 Å². The van der Waals surface area contributed by atoms with Crippen LogP contribution in [0.4, 0.5) is 0 Å². The number of carbonyl (C=O) groups excluding carboxylic acids is 1. The molecule has 2 unspecified atom stereocenters. The number of hydrogen-bond donors (Lipinski definition) is 2. The lowest BCUT2D eigenvalue weighted by atomic mass is 9.94. The summed E-state index contributed by atoms with van der Waals surface area (Å²) in [7, 11) is 0. The van der Waals surface area contributed by atoms with E-state index >= 15 is 0 Å². The summed E-state index contributed by atoms with van der Waals surface area (Å²) >= 11 is 1.38. The number of aliphatic carboxylic acids is 1. The fourth-order valence-corrected chi connectivity index (χ4v) is 3.22. The average Bonchev–Trinajstić information content (AvgIpc) is 3.01. The zero-order valence-electron chi connectivity index (χ0n) is 12.6. The van der Waals surface area contributed by atoms with Gasteiger partial charge < -0.3 is 10.4 Å². The van der Waals surface area contributed by atoms with E-state index in [1.54, 1.807) is 6.92 Å². The standard InChI is InChI=1S/C17H19NO3S/c1-3-12-9-10-22-15(12)16(19)18-14(11(2)17(20)21)13-7-5-4-6-8-13/h4-11,14H,3H2,1-2H3,(H,18,19)(H,20,21). The van der Waals surface area contributed by atoms with Crippen LogP contribution in [0.1, 0.15) is 40.7 Å². The van der Waals surface area contributed by atoms with Crippen molar-refractivity contribution in [2.24, 2.45) is 5.92 Å². The summed E-state index contributed by atoms with van der Waals surface area (Å²) in [6.45, 7) is 3.60. The number of carbonyl (C=O) groups is 2. The first-order valence-electron chi connectivity index (χ1n) is 7.19. The van der Waals surface area contributed by atoms with Gasteiger partial charge in [0.2, 0.25) is 0 Å². The van der Waals surface area contributed by atoms with E-state index in [2.05, 4.69) is 5.32 Å². The van der Waals surface area contributed by atoms with Gasteiger partial charge in [-0.25, -0.2) is 0 Å². The first-order valence-corrected chi connectivity index (χ1v) is 8.07. The molecule has 0 bridgehead atoms. The first-order chi connectivity index (χ1) is 10.5. The van der Waals surface area contributed by atoms with Crippen LogP contribution in [-0.4, -0.2) is 17.0 Å². The van der Waals surface area contributed by atoms with Crippen molar-refractivity contribution in [1.82, 2.24) is 5.32 Å². The summed E-state index contributed by atoms with van der Waals surface area (Å²) in [5.41, 5.74) is 1.78. The normalized spacial score (nSPS) is 13.4. The zero-order chi connectivity index (χ0) is 16.1. The van der Waals surface area contributed by atoms with Crippen molar-refractivity contribution < 1.29 is 14.7 Å². The van der Waals surface area contributed by atoms with Crippen molar-refractivity contribution in [1.29, 1.82) is 0 Å². The number of hydrogen-bond acceptors (Lipinski definition) is 3. The molecular formula is C17H19NO3S. The molecule has 2 aromatic rings. The Morgan fingerprint density at radius 2 is 1.91 bits per heavy atom. The highest BCUT2D eigenvalue weighted by molar-refractivity contribution is 7.12. The van der Waals surface area contributed by atoms with Gasteiger partial charge in [0.1, 0.15) is 0 Å². The predicted octanol–water partition coefficient (Wildman–Crippen LogP) is 3.50. The number of carboxylic acid groups (broad SMARTS) is 1. The summed E-state index contributed by atoms with van der Waals surface area (Å²) in [5.74, 6) is -1.86. The zero-order valence-corrected chi connectivity index (χ0v) is 13.4. The van der Waals surface area contributed by atoms with Crippen molar-refractivity contribution in [3.8, 4) is 0 Å². The lowest BCUT2D eigenvalue weighted by Crippen LogP contribution is -2.35. The van der Waals surface area contributed by atoms with E-state index < -0.39 is 17.9 Å². The van der Waals surface area contributed by atoms with Crippen LogP contribution in [0, 0.1) is 5.92 Å². The van der Waals surface area contributed by atoms with Gasteiger partial charge in [-0.1, -0.05) is 37.3 Å².